The normalized spacial score (nSPS) is 16.3. The van der Waals surface area contributed by atoms with E-state index in [-0.39, 0.29) is 5.02 Å². The summed E-state index contributed by atoms with van der Waals surface area (Å²) < 4.78 is 41.3. The molecule has 0 amide bonds. The van der Waals surface area contributed by atoms with E-state index in [0.29, 0.717) is 29.9 Å². The second-order valence-corrected chi connectivity index (χ2v) is 9.40. The highest BCUT2D eigenvalue weighted by Crippen LogP contribution is 2.31. The Labute approximate surface area is 179 Å². The molecule has 6 nitrogen and oxygen atoms in total. The first kappa shape index (κ1) is 20.6. The SMILES string of the molecule is CNCc1cn(S(=O)(=O)C2C=NC=CC2)c2cc(Nc3ccc(F)cc3Cl)ccc12. The number of allylic oxidation sites excluding steroid dienone is 1. The van der Waals surface area contributed by atoms with E-state index in [4.69, 9.17) is 11.6 Å². The van der Waals surface area contributed by atoms with Gasteiger partial charge in [0.25, 0.3) is 0 Å². The third-order valence-corrected chi connectivity index (χ3v) is 7.14. The zero-order valence-corrected chi connectivity index (χ0v) is 17.7. The van der Waals surface area contributed by atoms with Crippen molar-refractivity contribution in [3.05, 3.63) is 71.3 Å². The summed E-state index contributed by atoms with van der Waals surface area (Å²) >= 11 is 6.12. The van der Waals surface area contributed by atoms with Crippen molar-refractivity contribution in [2.24, 2.45) is 4.99 Å². The van der Waals surface area contributed by atoms with Crippen LogP contribution < -0.4 is 10.6 Å². The Balaban J connectivity index is 1.80. The fraction of sp³-hybridized carbons (Fsp3) is 0.190. The molecule has 0 aliphatic carbocycles. The van der Waals surface area contributed by atoms with Gasteiger partial charge in [-0.2, -0.15) is 0 Å². The molecule has 2 aromatic carbocycles. The van der Waals surface area contributed by atoms with Crippen molar-refractivity contribution in [2.45, 2.75) is 18.2 Å². The van der Waals surface area contributed by atoms with E-state index >= 15 is 0 Å². The van der Waals surface area contributed by atoms with Crippen LogP contribution in [0.15, 0.2) is 59.9 Å². The van der Waals surface area contributed by atoms with E-state index in [1.54, 1.807) is 24.5 Å². The van der Waals surface area contributed by atoms with Crippen LogP contribution in [-0.2, 0) is 16.6 Å². The number of aromatic nitrogens is 1. The van der Waals surface area contributed by atoms with Crippen molar-refractivity contribution >= 4 is 50.1 Å². The van der Waals surface area contributed by atoms with E-state index in [1.807, 2.05) is 19.2 Å². The van der Waals surface area contributed by atoms with Gasteiger partial charge in [-0.1, -0.05) is 23.7 Å². The van der Waals surface area contributed by atoms with E-state index in [1.165, 1.54) is 28.4 Å². The molecule has 0 fully saturated rings. The van der Waals surface area contributed by atoms with Crippen LogP contribution in [0.25, 0.3) is 10.9 Å². The zero-order valence-electron chi connectivity index (χ0n) is 16.1. The summed E-state index contributed by atoms with van der Waals surface area (Å²) in [6.07, 6.45) is 6.82. The smallest absolute Gasteiger partial charge is 0.247 e. The molecular formula is C21H20ClFN4O2S. The summed E-state index contributed by atoms with van der Waals surface area (Å²) in [7, 11) is -1.90. The number of fused-ring (bicyclic) bond motifs is 1. The molecule has 1 unspecified atom stereocenters. The Kier molecular flexibility index (Phi) is 5.64. The van der Waals surface area contributed by atoms with Crippen LogP contribution in [0.5, 0.6) is 0 Å². The number of nitrogens with one attached hydrogen (secondary N) is 2. The minimum absolute atomic E-state index is 0.235. The lowest BCUT2D eigenvalue weighted by Gasteiger charge is -2.16. The molecule has 9 heteroatoms. The molecule has 30 heavy (non-hydrogen) atoms. The second kappa shape index (κ2) is 8.22. The monoisotopic (exact) mass is 446 g/mol. The molecule has 1 aliphatic rings. The van der Waals surface area contributed by atoms with E-state index < -0.39 is 21.1 Å². The molecule has 156 valence electrons. The standard InChI is InChI=1S/C21H20ClFN4O2S/c1-24-11-14-13-27(30(28,29)17-3-2-8-25-12-17)21-10-16(5-6-18(14)21)26-20-7-4-15(23)9-19(20)22/h2,4-10,12-13,17,24,26H,3,11H2,1H3. The Hall–Kier alpha value is -2.68. The van der Waals surface area contributed by atoms with Crippen LogP contribution in [0.1, 0.15) is 12.0 Å². The van der Waals surface area contributed by atoms with Gasteiger partial charge < -0.3 is 10.6 Å². The van der Waals surface area contributed by atoms with Gasteiger partial charge in [0.2, 0.25) is 10.0 Å². The largest absolute Gasteiger partial charge is 0.354 e. The second-order valence-electron chi connectivity index (χ2n) is 6.96. The lowest BCUT2D eigenvalue weighted by Crippen LogP contribution is -2.29. The first-order chi connectivity index (χ1) is 14.4. The third kappa shape index (κ3) is 3.86. The molecule has 0 saturated carbocycles. The number of nitrogens with zero attached hydrogens (tertiary/aromatic N) is 2. The van der Waals surface area contributed by atoms with E-state index in [9.17, 15) is 12.8 Å². The molecule has 2 heterocycles. The van der Waals surface area contributed by atoms with Crippen molar-refractivity contribution in [3.63, 3.8) is 0 Å². The fourth-order valence-electron chi connectivity index (χ4n) is 3.44. The molecule has 1 atom stereocenters. The first-order valence-corrected chi connectivity index (χ1v) is 11.2. The van der Waals surface area contributed by atoms with Crippen molar-refractivity contribution < 1.29 is 12.8 Å². The minimum Gasteiger partial charge on any atom is -0.354 e. The maximum atomic E-state index is 13.3. The Bertz CT molecular complexity index is 1270. The van der Waals surface area contributed by atoms with Crippen LogP contribution in [0, 0.1) is 5.82 Å². The summed E-state index contributed by atoms with van der Waals surface area (Å²) in [6.45, 7) is 0.522. The van der Waals surface area contributed by atoms with Crippen molar-refractivity contribution in [1.29, 1.82) is 0 Å². The van der Waals surface area contributed by atoms with Crippen LogP contribution in [0.4, 0.5) is 15.8 Å². The lowest BCUT2D eigenvalue weighted by molar-refractivity contribution is 0.583. The average Bonchev–Trinajstić information content (AvgIpc) is 3.10. The number of hydrogen-bond donors (Lipinski definition) is 2. The van der Waals surface area contributed by atoms with Crippen LogP contribution in [0.3, 0.4) is 0 Å². The number of anilines is 2. The van der Waals surface area contributed by atoms with Gasteiger partial charge in [0, 0.05) is 36.2 Å². The van der Waals surface area contributed by atoms with Gasteiger partial charge in [0.05, 0.1) is 16.2 Å². The van der Waals surface area contributed by atoms with Crippen molar-refractivity contribution in [3.8, 4) is 0 Å². The highest BCUT2D eigenvalue weighted by Gasteiger charge is 2.28. The number of benzene rings is 2. The number of rotatable bonds is 6. The van der Waals surface area contributed by atoms with Crippen LogP contribution in [0.2, 0.25) is 5.02 Å². The van der Waals surface area contributed by atoms with E-state index in [0.717, 1.165) is 10.9 Å². The number of aliphatic imine (C=N–C) groups is 1. The van der Waals surface area contributed by atoms with Crippen molar-refractivity contribution in [2.75, 3.05) is 12.4 Å². The van der Waals surface area contributed by atoms with Gasteiger partial charge in [0.1, 0.15) is 11.1 Å². The molecule has 3 aromatic rings. The highest BCUT2D eigenvalue weighted by molar-refractivity contribution is 7.91. The Morgan fingerprint density at radius 2 is 2.10 bits per heavy atom. The van der Waals surface area contributed by atoms with Crippen LogP contribution >= 0.6 is 11.6 Å². The van der Waals surface area contributed by atoms with Crippen LogP contribution in [-0.4, -0.2) is 30.9 Å². The maximum Gasteiger partial charge on any atom is 0.247 e. The highest BCUT2D eigenvalue weighted by atomic mass is 35.5. The van der Waals surface area contributed by atoms with E-state index in [2.05, 4.69) is 15.6 Å². The predicted octanol–water partition coefficient (Wildman–Crippen LogP) is 4.43. The third-order valence-electron chi connectivity index (χ3n) is 4.90. The average molecular weight is 447 g/mol. The van der Waals surface area contributed by atoms with Crippen molar-refractivity contribution in [1.82, 2.24) is 9.29 Å². The van der Waals surface area contributed by atoms with Gasteiger partial charge in [-0.3, -0.25) is 4.99 Å². The topological polar surface area (TPSA) is 75.5 Å². The summed E-state index contributed by atoms with van der Waals surface area (Å²) in [5.41, 5.74) is 2.58. The molecule has 0 radical (unpaired) electrons. The molecular weight excluding hydrogens is 427 g/mol. The molecule has 1 aliphatic heterocycles. The number of halogens is 2. The molecule has 4 rings (SSSR count). The quantitative estimate of drug-likeness (QED) is 0.587. The minimum atomic E-state index is -3.70. The first-order valence-electron chi connectivity index (χ1n) is 9.33. The Morgan fingerprint density at radius 3 is 2.80 bits per heavy atom. The summed E-state index contributed by atoms with van der Waals surface area (Å²) in [4.78, 5) is 4.00. The zero-order chi connectivity index (χ0) is 21.3. The molecule has 0 bridgehead atoms. The van der Waals surface area contributed by atoms with Gasteiger partial charge in [0.15, 0.2) is 0 Å². The molecule has 0 spiro atoms. The molecule has 2 N–H and O–H groups in total. The molecule has 0 saturated heterocycles. The van der Waals surface area contributed by atoms with Gasteiger partial charge in [-0.15, -0.1) is 0 Å². The summed E-state index contributed by atoms with van der Waals surface area (Å²) in [6, 6.07) is 9.51. The fourth-order valence-corrected chi connectivity index (χ4v) is 5.22. The maximum absolute atomic E-state index is 13.3. The summed E-state index contributed by atoms with van der Waals surface area (Å²) in [5.74, 6) is -0.430. The summed E-state index contributed by atoms with van der Waals surface area (Å²) in [5, 5.41) is 6.53. The number of hydrogen-bond acceptors (Lipinski definition) is 5. The van der Waals surface area contributed by atoms with Gasteiger partial charge in [-0.05, 0) is 49.4 Å². The predicted molar refractivity (Wildman–Crippen MR) is 120 cm³/mol. The Morgan fingerprint density at radius 1 is 1.27 bits per heavy atom. The van der Waals surface area contributed by atoms with Gasteiger partial charge >= 0.3 is 0 Å². The lowest BCUT2D eigenvalue weighted by atomic mass is 10.1. The van der Waals surface area contributed by atoms with Gasteiger partial charge in [-0.25, -0.2) is 16.8 Å². The molecule has 1 aromatic heterocycles.